The summed E-state index contributed by atoms with van der Waals surface area (Å²) in [6.45, 7) is 5.95. The highest BCUT2D eigenvalue weighted by molar-refractivity contribution is 5.39. The smallest absolute Gasteiger partial charge is 0.172 e. The van der Waals surface area contributed by atoms with Crippen LogP contribution in [0.2, 0.25) is 0 Å². The average molecular weight is 279 g/mol. The molecule has 4 nitrogen and oxygen atoms in total. The van der Waals surface area contributed by atoms with Crippen LogP contribution in [0.15, 0.2) is 18.2 Å². The average Bonchev–Trinajstić information content (AvgIpc) is 2.92. The molecule has 0 amide bonds. The van der Waals surface area contributed by atoms with Crippen LogP contribution in [0.3, 0.4) is 0 Å². The van der Waals surface area contributed by atoms with Crippen molar-refractivity contribution in [1.82, 2.24) is 0 Å². The number of hydrogen-bond donors (Lipinski definition) is 1. The summed E-state index contributed by atoms with van der Waals surface area (Å²) in [6.07, 6.45) is 2.49. The molecule has 0 aliphatic carbocycles. The topological polar surface area (TPSA) is 53.7 Å². The highest BCUT2D eigenvalue weighted by Gasteiger charge is 2.18. The molecule has 4 heteroatoms. The number of benzene rings is 1. The molecule has 0 spiro atoms. The van der Waals surface area contributed by atoms with E-state index in [9.17, 15) is 0 Å². The molecule has 20 heavy (non-hydrogen) atoms. The van der Waals surface area contributed by atoms with E-state index in [1.807, 2.05) is 13.8 Å². The van der Waals surface area contributed by atoms with Crippen LogP contribution in [0.1, 0.15) is 31.4 Å². The lowest BCUT2D eigenvalue weighted by atomic mass is 10.0. The molecule has 0 fully saturated rings. The summed E-state index contributed by atoms with van der Waals surface area (Å²) in [5, 5.41) is 0. The molecular weight excluding hydrogens is 254 g/mol. The Hall–Kier alpha value is -1.10. The molecule has 1 aliphatic rings. The monoisotopic (exact) mass is 279 g/mol. The highest BCUT2D eigenvalue weighted by atomic mass is 16.7. The van der Waals surface area contributed by atoms with E-state index in [4.69, 9.17) is 19.9 Å². The predicted molar refractivity (Wildman–Crippen MR) is 79.0 cm³/mol. The SMILES string of the molecule is CCOC(OCC)C(N)CCc1ccc2c(c1)CCO2. The molecule has 112 valence electrons. The van der Waals surface area contributed by atoms with Crippen molar-refractivity contribution in [3.8, 4) is 5.75 Å². The Labute approximate surface area is 121 Å². The van der Waals surface area contributed by atoms with Gasteiger partial charge in [-0.25, -0.2) is 0 Å². The molecule has 1 atom stereocenters. The minimum Gasteiger partial charge on any atom is -0.493 e. The third-order valence-electron chi connectivity index (χ3n) is 3.53. The first-order valence-corrected chi connectivity index (χ1v) is 7.48. The first-order valence-electron chi connectivity index (χ1n) is 7.48. The summed E-state index contributed by atoms with van der Waals surface area (Å²) < 4.78 is 16.6. The first-order chi connectivity index (χ1) is 9.74. The fourth-order valence-corrected chi connectivity index (χ4v) is 2.49. The van der Waals surface area contributed by atoms with Gasteiger partial charge in [-0.2, -0.15) is 0 Å². The van der Waals surface area contributed by atoms with E-state index in [2.05, 4.69) is 18.2 Å². The van der Waals surface area contributed by atoms with Crippen molar-refractivity contribution in [3.63, 3.8) is 0 Å². The Morgan fingerprint density at radius 1 is 1.25 bits per heavy atom. The van der Waals surface area contributed by atoms with Crippen LogP contribution < -0.4 is 10.5 Å². The second-order valence-corrected chi connectivity index (χ2v) is 5.02. The molecule has 0 bridgehead atoms. The Morgan fingerprint density at radius 2 is 2.00 bits per heavy atom. The lowest BCUT2D eigenvalue weighted by Gasteiger charge is -2.23. The molecule has 0 aromatic heterocycles. The maximum Gasteiger partial charge on any atom is 0.172 e. The standard InChI is InChI=1S/C16H25NO3/c1-3-18-16(19-4-2)14(17)7-5-12-6-8-15-13(11-12)9-10-20-15/h6,8,11,14,16H,3-5,7,9-10,17H2,1-2H3. The van der Waals surface area contributed by atoms with Gasteiger partial charge in [0, 0.05) is 19.6 Å². The maximum absolute atomic E-state index is 6.18. The molecule has 2 N–H and O–H groups in total. The summed E-state index contributed by atoms with van der Waals surface area (Å²) in [5.74, 6) is 1.03. The van der Waals surface area contributed by atoms with Gasteiger partial charge in [-0.1, -0.05) is 12.1 Å². The van der Waals surface area contributed by atoms with Crippen LogP contribution in [0.4, 0.5) is 0 Å². The molecule has 0 radical (unpaired) electrons. The number of ether oxygens (including phenoxy) is 3. The lowest BCUT2D eigenvalue weighted by Crippen LogP contribution is -2.39. The zero-order valence-electron chi connectivity index (χ0n) is 12.4. The molecule has 1 unspecified atom stereocenters. The van der Waals surface area contributed by atoms with E-state index in [0.717, 1.165) is 31.6 Å². The molecule has 0 saturated carbocycles. The summed E-state index contributed by atoms with van der Waals surface area (Å²) in [5.41, 5.74) is 8.79. The van der Waals surface area contributed by atoms with Crippen molar-refractivity contribution in [2.24, 2.45) is 5.73 Å². The van der Waals surface area contributed by atoms with Crippen molar-refractivity contribution >= 4 is 0 Å². The van der Waals surface area contributed by atoms with Crippen molar-refractivity contribution in [1.29, 1.82) is 0 Å². The van der Waals surface area contributed by atoms with E-state index in [-0.39, 0.29) is 12.3 Å². The van der Waals surface area contributed by atoms with Gasteiger partial charge in [-0.15, -0.1) is 0 Å². The first kappa shape index (κ1) is 15.3. The van der Waals surface area contributed by atoms with Crippen molar-refractivity contribution in [2.45, 2.75) is 45.4 Å². The Bertz CT molecular complexity index is 416. The Morgan fingerprint density at radius 3 is 2.70 bits per heavy atom. The quantitative estimate of drug-likeness (QED) is 0.742. The zero-order chi connectivity index (χ0) is 14.4. The predicted octanol–water partition coefficient (Wildman–Crippen LogP) is 2.28. The summed E-state index contributed by atoms with van der Waals surface area (Å²) in [7, 11) is 0. The number of hydrogen-bond acceptors (Lipinski definition) is 4. The maximum atomic E-state index is 6.18. The van der Waals surface area contributed by atoms with E-state index < -0.39 is 0 Å². The number of rotatable bonds is 8. The minimum absolute atomic E-state index is 0.0978. The van der Waals surface area contributed by atoms with Crippen LogP contribution in [0.5, 0.6) is 5.75 Å². The van der Waals surface area contributed by atoms with Crippen LogP contribution in [0.25, 0.3) is 0 Å². The van der Waals surface area contributed by atoms with Crippen LogP contribution in [-0.2, 0) is 22.3 Å². The Balaban J connectivity index is 1.87. The van der Waals surface area contributed by atoms with Gasteiger partial charge in [0.15, 0.2) is 6.29 Å². The van der Waals surface area contributed by atoms with Gasteiger partial charge in [0.2, 0.25) is 0 Å². The molecule has 1 aliphatic heterocycles. The van der Waals surface area contributed by atoms with Gasteiger partial charge in [0.1, 0.15) is 5.75 Å². The van der Waals surface area contributed by atoms with Crippen LogP contribution in [0, 0.1) is 0 Å². The molecule has 1 aromatic rings. The summed E-state index contributed by atoms with van der Waals surface area (Å²) in [6, 6.07) is 6.31. The number of fused-ring (bicyclic) bond motifs is 1. The molecule has 1 aromatic carbocycles. The second kappa shape index (κ2) is 7.62. The Kier molecular flexibility index (Phi) is 5.83. The van der Waals surface area contributed by atoms with Gasteiger partial charge in [0.25, 0.3) is 0 Å². The molecule has 0 saturated heterocycles. The summed E-state index contributed by atoms with van der Waals surface area (Å²) >= 11 is 0. The third-order valence-corrected chi connectivity index (χ3v) is 3.53. The van der Waals surface area contributed by atoms with E-state index >= 15 is 0 Å². The van der Waals surface area contributed by atoms with E-state index in [1.54, 1.807) is 0 Å². The van der Waals surface area contributed by atoms with E-state index in [1.165, 1.54) is 11.1 Å². The normalized spacial score (nSPS) is 15.2. The largest absolute Gasteiger partial charge is 0.493 e. The van der Waals surface area contributed by atoms with Crippen molar-refractivity contribution in [3.05, 3.63) is 29.3 Å². The van der Waals surface area contributed by atoms with Crippen LogP contribution >= 0.6 is 0 Å². The van der Waals surface area contributed by atoms with Crippen molar-refractivity contribution < 1.29 is 14.2 Å². The van der Waals surface area contributed by atoms with Crippen molar-refractivity contribution in [2.75, 3.05) is 19.8 Å². The van der Waals surface area contributed by atoms with E-state index in [0.29, 0.717) is 13.2 Å². The van der Waals surface area contributed by atoms with Gasteiger partial charge >= 0.3 is 0 Å². The van der Waals surface area contributed by atoms with Gasteiger partial charge < -0.3 is 19.9 Å². The number of nitrogens with two attached hydrogens (primary N) is 1. The molecule has 2 rings (SSSR count). The van der Waals surface area contributed by atoms with Crippen LogP contribution in [-0.4, -0.2) is 32.2 Å². The van der Waals surface area contributed by atoms with Gasteiger partial charge in [-0.05, 0) is 43.9 Å². The molecular formula is C16H25NO3. The fraction of sp³-hybridized carbons (Fsp3) is 0.625. The van der Waals surface area contributed by atoms with Gasteiger partial charge in [0.05, 0.1) is 12.6 Å². The number of aryl methyl sites for hydroxylation is 1. The zero-order valence-corrected chi connectivity index (χ0v) is 12.4. The third kappa shape index (κ3) is 3.95. The second-order valence-electron chi connectivity index (χ2n) is 5.02. The molecule has 1 heterocycles. The minimum atomic E-state index is -0.303. The highest BCUT2D eigenvalue weighted by Crippen LogP contribution is 2.26. The summed E-state index contributed by atoms with van der Waals surface area (Å²) in [4.78, 5) is 0. The van der Waals surface area contributed by atoms with Gasteiger partial charge in [-0.3, -0.25) is 0 Å². The lowest BCUT2D eigenvalue weighted by molar-refractivity contribution is -0.149. The fourth-order valence-electron chi connectivity index (χ4n) is 2.49.